The van der Waals surface area contributed by atoms with Crippen LogP contribution in [0.3, 0.4) is 0 Å². The van der Waals surface area contributed by atoms with Crippen LogP contribution in [0, 0.1) is 0 Å². The fraction of sp³-hybridized carbons (Fsp3) is 0.467. The number of carbonyl (C=O) groups is 1. The van der Waals surface area contributed by atoms with Gasteiger partial charge in [-0.3, -0.25) is 4.79 Å². The molecule has 2 aromatic rings. The number of nitrogens with one attached hydrogen (secondary N) is 1. The van der Waals surface area contributed by atoms with E-state index in [0.29, 0.717) is 42.5 Å². The molecule has 1 aromatic heterocycles. The van der Waals surface area contributed by atoms with E-state index < -0.39 is 0 Å². The molecule has 0 radical (unpaired) electrons. The third-order valence-electron chi connectivity index (χ3n) is 3.51. The molecular weight excluding hydrogens is 312 g/mol. The van der Waals surface area contributed by atoms with Crippen LogP contribution in [0.4, 0.5) is 0 Å². The van der Waals surface area contributed by atoms with Gasteiger partial charge in [-0.25, -0.2) is 0 Å². The first-order valence-electron chi connectivity index (χ1n) is 7.48. The van der Waals surface area contributed by atoms with Crippen LogP contribution in [0.5, 0.6) is 11.5 Å². The molecule has 0 aliphatic heterocycles. The number of aromatic nitrogens is 4. The zero-order valence-electron chi connectivity index (χ0n) is 14.3. The van der Waals surface area contributed by atoms with Gasteiger partial charge in [-0.15, -0.1) is 5.10 Å². The maximum Gasteiger partial charge on any atom is 0.223 e. The lowest BCUT2D eigenvalue weighted by molar-refractivity contribution is -0.130. The molecule has 0 unspecified atom stereocenters. The molecule has 0 aliphatic carbocycles. The van der Waals surface area contributed by atoms with Gasteiger partial charge in [0.15, 0.2) is 5.82 Å². The van der Waals surface area contributed by atoms with Crippen LogP contribution >= 0.6 is 0 Å². The molecule has 0 saturated carbocycles. The summed E-state index contributed by atoms with van der Waals surface area (Å²) >= 11 is 0. The van der Waals surface area contributed by atoms with Crippen LogP contribution in [0.15, 0.2) is 18.2 Å². The predicted molar refractivity (Wildman–Crippen MR) is 87.3 cm³/mol. The Hall–Kier alpha value is -2.68. The van der Waals surface area contributed by atoms with Crippen LogP contribution in [-0.2, 0) is 11.3 Å². The normalized spacial score (nSPS) is 10.5. The molecular formula is C15H22N6O3. The van der Waals surface area contributed by atoms with Gasteiger partial charge in [-0.1, -0.05) is 0 Å². The van der Waals surface area contributed by atoms with Crippen molar-refractivity contribution >= 4 is 5.91 Å². The molecule has 24 heavy (non-hydrogen) atoms. The van der Waals surface area contributed by atoms with Crippen molar-refractivity contribution in [3.63, 3.8) is 0 Å². The highest BCUT2D eigenvalue weighted by atomic mass is 16.5. The summed E-state index contributed by atoms with van der Waals surface area (Å²) in [5.41, 5.74) is 0.697. The number of benzene rings is 1. The zero-order chi connectivity index (χ0) is 17.5. The minimum absolute atomic E-state index is 0.0159. The Morgan fingerprint density at radius 1 is 1.25 bits per heavy atom. The Morgan fingerprint density at radius 2 is 1.92 bits per heavy atom. The monoisotopic (exact) mass is 334 g/mol. The van der Waals surface area contributed by atoms with Gasteiger partial charge in [0, 0.05) is 38.2 Å². The lowest BCUT2D eigenvalue weighted by atomic mass is 10.2. The summed E-state index contributed by atoms with van der Waals surface area (Å²) in [6.45, 7) is 0.927. The van der Waals surface area contributed by atoms with Gasteiger partial charge in [0.2, 0.25) is 5.91 Å². The number of hydrogen-bond acceptors (Lipinski definition) is 7. The number of nitrogens with zero attached hydrogens (tertiary/aromatic N) is 5. The summed E-state index contributed by atoms with van der Waals surface area (Å²) in [6, 6.07) is 5.36. The second-order valence-electron chi connectivity index (χ2n) is 5.18. The minimum Gasteiger partial charge on any atom is -0.497 e. The number of amides is 1. The largest absolute Gasteiger partial charge is 0.497 e. The van der Waals surface area contributed by atoms with Crippen molar-refractivity contribution in [2.45, 2.75) is 13.0 Å². The minimum atomic E-state index is 0.0159. The van der Waals surface area contributed by atoms with Gasteiger partial charge >= 0.3 is 0 Å². The number of methoxy groups -OCH3 is 2. The van der Waals surface area contributed by atoms with E-state index in [9.17, 15) is 4.79 Å². The molecule has 0 saturated heterocycles. The third-order valence-corrected chi connectivity index (χ3v) is 3.51. The number of ether oxygens (including phenoxy) is 2. The second kappa shape index (κ2) is 8.25. The van der Waals surface area contributed by atoms with E-state index in [-0.39, 0.29) is 5.91 Å². The van der Waals surface area contributed by atoms with Crippen molar-refractivity contribution in [1.82, 2.24) is 30.4 Å². The predicted octanol–water partition coefficient (Wildman–Crippen LogP) is 0.247. The maximum absolute atomic E-state index is 12.0. The summed E-state index contributed by atoms with van der Waals surface area (Å²) in [5, 5.41) is 14.7. The number of rotatable bonds is 8. The molecule has 0 aliphatic rings. The first kappa shape index (κ1) is 17.7. The Labute approximate surface area is 140 Å². The summed E-state index contributed by atoms with van der Waals surface area (Å²) in [5.74, 6) is 1.82. The lowest BCUT2D eigenvalue weighted by Crippen LogP contribution is -2.29. The SMILES string of the molecule is CNCCC(=O)N(C)Cc1nnnn1-c1cc(OC)cc(OC)c1. The van der Waals surface area contributed by atoms with E-state index in [2.05, 4.69) is 20.8 Å². The summed E-state index contributed by atoms with van der Waals surface area (Å²) < 4.78 is 12.1. The van der Waals surface area contributed by atoms with Crippen molar-refractivity contribution in [1.29, 1.82) is 0 Å². The molecule has 1 heterocycles. The van der Waals surface area contributed by atoms with E-state index >= 15 is 0 Å². The van der Waals surface area contributed by atoms with Gasteiger partial charge in [-0.05, 0) is 17.5 Å². The molecule has 9 nitrogen and oxygen atoms in total. The maximum atomic E-state index is 12.0. The van der Waals surface area contributed by atoms with Gasteiger partial charge in [0.05, 0.1) is 26.5 Å². The summed E-state index contributed by atoms with van der Waals surface area (Å²) in [4.78, 5) is 13.6. The van der Waals surface area contributed by atoms with Crippen molar-refractivity contribution in [2.75, 3.05) is 34.9 Å². The summed E-state index contributed by atoms with van der Waals surface area (Å²) in [7, 11) is 6.69. The van der Waals surface area contributed by atoms with Crippen molar-refractivity contribution in [3.05, 3.63) is 24.0 Å². The van der Waals surface area contributed by atoms with Crippen LogP contribution in [0.2, 0.25) is 0 Å². The van der Waals surface area contributed by atoms with E-state index in [0.717, 1.165) is 0 Å². The molecule has 1 aromatic carbocycles. The molecule has 0 fully saturated rings. The van der Waals surface area contributed by atoms with E-state index in [1.165, 1.54) is 0 Å². The van der Waals surface area contributed by atoms with E-state index in [4.69, 9.17) is 9.47 Å². The molecule has 130 valence electrons. The fourth-order valence-electron chi connectivity index (χ4n) is 2.14. The lowest BCUT2D eigenvalue weighted by Gasteiger charge is -2.17. The van der Waals surface area contributed by atoms with Crippen LogP contribution in [0.1, 0.15) is 12.2 Å². The van der Waals surface area contributed by atoms with E-state index in [1.54, 1.807) is 49.0 Å². The van der Waals surface area contributed by atoms with Crippen LogP contribution in [-0.4, -0.2) is 65.9 Å². The number of carbonyl (C=O) groups excluding carboxylic acids is 1. The average Bonchev–Trinajstić information content (AvgIpc) is 3.07. The Bertz CT molecular complexity index is 665. The topological polar surface area (TPSA) is 94.4 Å². The van der Waals surface area contributed by atoms with Crippen LogP contribution in [0.25, 0.3) is 5.69 Å². The standard InChI is InChI=1S/C15H22N6O3/c1-16-6-5-15(22)20(2)10-14-17-18-19-21(14)11-7-12(23-3)9-13(8-11)24-4/h7-9,16H,5-6,10H2,1-4H3. The molecule has 9 heteroatoms. The Morgan fingerprint density at radius 3 is 2.50 bits per heavy atom. The third kappa shape index (κ3) is 4.19. The highest BCUT2D eigenvalue weighted by Gasteiger charge is 2.16. The fourth-order valence-corrected chi connectivity index (χ4v) is 2.14. The average molecular weight is 334 g/mol. The first-order valence-corrected chi connectivity index (χ1v) is 7.48. The quantitative estimate of drug-likeness (QED) is 0.739. The van der Waals surface area contributed by atoms with Gasteiger partial charge in [-0.2, -0.15) is 4.68 Å². The number of hydrogen-bond donors (Lipinski definition) is 1. The molecule has 1 N–H and O–H groups in total. The van der Waals surface area contributed by atoms with Crippen molar-refractivity contribution in [3.8, 4) is 17.2 Å². The first-order chi connectivity index (χ1) is 11.6. The molecule has 0 atom stereocenters. The Balaban J connectivity index is 2.22. The molecule has 2 rings (SSSR count). The second-order valence-corrected chi connectivity index (χ2v) is 5.18. The van der Waals surface area contributed by atoms with Crippen molar-refractivity contribution < 1.29 is 14.3 Å². The zero-order valence-corrected chi connectivity index (χ0v) is 14.3. The van der Waals surface area contributed by atoms with Crippen LogP contribution < -0.4 is 14.8 Å². The molecule has 0 spiro atoms. The Kier molecular flexibility index (Phi) is 6.07. The summed E-state index contributed by atoms with van der Waals surface area (Å²) in [6.07, 6.45) is 0.418. The van der Waals surface area contributed by atoms with Gasteiger partial charge in [0.25, 0.3) is 0 Å². The highest BCUT2D eigenvalue weighted by Crippen LogP contribution is 2.25. The highest BCUT2D eigenvalue weighted by molar-refractivity contribution is 5.75. The van der Waals surface area contributed by atoms with Gasteiger partial charge in [0.1, 0.15) is 11.5 Å². The molecule has 1 amide bonds. The van der Waals surface area contributed by atoms with Gasteiger partial charge < -0.3 is 19.7 Å². The van der Waals surface area contributed by atoms with Crippen molar-refractivity contribution in [2.24, 2.45) is 0 Å². The smallest absolute Gasteiger partial charge is 0.223 e. The number of tetrazole rings is 1. The van der Waals surface area contributed by atoms with E-state index in [1.807, 2.05) is 7.05 Å². The molecule has 0 bridgehead atoms.